The highest BCUT2D eigenvalue weighted by Gasteiger charge is 1.97. The van der Waals surface area contributed by atoms with E-state index in [2.05, 4.69) is 12.2 Å². The molecule has 0 aromatic carbocycles. The number of carboxylic acid groups (broad SMARTS) is 1. The molecule has 0 saturated heterocycles. The molecule has 0 fully saturated rings. The van der Waals surface area contributed by atoms with Gasteiger partial charge in [0.1, 0.15) is 0 Å². The number of unbranched alkanes of at least 4 members (excludes halogenated alkanes) is 9. The number of allylic oxidation sites excluding steroid dienone is 2. The summed E-state index contributed by atoms with van der Waals surface area (Å²) in [4.78, 5) is 20.2. The van der Waals surface area contributed by atoms with Crippen LogP contribution in [0.2, 0.25) is 0 Å². The van der Waals surface area contributed by atoms with Crippen LogP contribution in [0.15, 0.2) is 12.2 Å². The van der Waals surface area contributed by atoms with Gasteiger partial charge in [0.05, 0.1) is 0 Å². The topological polar surface area (TPSA) is 80.4 Å². The summed E-state index contributed by atoms with van der Waals surface area (Å²) in [6.07, 6.45) is 16.0. The Bertz CT molecular complexity index is 303. The average molecular weight is 299 g/mol. The summed E-state index contributed by atoms with van der Waals surface area (Å²) in [5.74, 6) is -0.705. The Labute approximate surface area is 127 Å². The molecule has 1 N–H and O–H groups in total. The van der Waals surface area contributed by atoms with E-state index in [9.17, 15) is 14.9 Å². The molecule has 0 aromatic heterocycles. The average Bonchev–Trinajstić information content (AvgIpc) is 2.42. The Morgan fingerprint density at radius 2 is 1.33 bits per heavy atom. The van der Waals surface area contributed by atoms with E-state index in [1.807, 2.05) is 0 Å². The normalized spacial score (nSPS) is 11.0. The van der Waals surface area contributed by atoms with Crippen LogP contribution in [0, 0.1) is 10.1 Å². The number of carbonyl (C=O) groups is 1. The summed E-state index contributed by atoms with van der Waals surface area (Å²) in [5.41, 5.74) is 0. The Morgan fingerprint density at radius 3 is 1.86 bits per heavy atom. The minimum Gasteiger partial charge on any atom is -0.481 e. The summed E-state index contributed by atoms with van der Waals surface area (Å²) < 4.78 is 0. The van der Waals surface area contributed by atoms with Gasteiger partial charge in [0, 0.05) is 17.8 Å². The van der Waals surface area contributed by atoms with Gasteiger partial charge < -0.3 is 5.11 Å². The molecular formula is C16H29NO4. The first-order valence-electron chi connectivity index (χ1n) is 8.11. The molecule has 5 nitrogen and oxygen atoms in total. The van der Waals surface area contributed by atoms with Crippen LogP contribution in [0.4, 0.5) is 0 Å². The predicted molar refractivity (Wildman–Crippen MR) is 84.0 cm³/mol. The molecule has 122 valence electrons. The molecule has 0 aromatic rings. The number of hydrogen-bond donors (Lipinski definition) is 1. The molecule has 0 bridgehead atoms. The second-order valence-corrected chi connectivity index (χ2v) is 5.43. The number of hydrogen-bond acceptors (Lipinski definition) is 3. The monoisotopic (exact) mass is 299 g/mol. The van der Waals surface area contributed by atoms with E-state index in [0.29, 0.717) is 6.42 Å². The van der Waals surface area contributed by atoms with Gasteiger partial charge in [-0.25, -0.2) is 0 Å². The van der Waals surface area contributed by atoms with Crippen LogP contribution in [0.25, 0.3) is 0 Å². The molecular weight excluding hydrogens is 270 g/mol. The van der Waals surface area contributed by atoms with Crippen molar-refractivity contribution >= 4 is 5.97 Å². The molecule has 0 amide bonds. The standard InChI is InChI=1S/C16H29NO4/c18-16(19)14-12-10-8-6-4-2-1-3-5-7-9-11-13-15-17(20)21/h2,4H,1,3,5-15H2,(H,18,19). The van der Waals surface area contributed by atoms with Gasteiger partial charge in [0.25, 0.3) is 0 Å². The van der Waals surface area contributed by atoms with Crippen molar-refractivity contribution in [2.24, 2.45) is 0 Å². The smallest absolute Gasteiger partial charge is 0.303 e. The minimum atomic E-state index is -0.705. The van der Waals surface area contributed by atoms with Crippen molar-refractivity contribution in [2.75, 3.05) is 6.54 Å². The third-order valence-corrected chi connectivity index (χ3v) is 3.39. The molecule has 0 radical (unpaired) electrons. The quantitative estimate of drug-likeness (QED) is 0.208. The van der Waals surface area contributed by atoms with E-state index < -0.39 is 5.97 Å². The summed E-state index contributed by atoms with van der Waals surface area (Å²) in [7, 11) is 0. The zero-order valence-electron chi connectivity index (χ0n) is 13.0. The molecule has 0 heterocycles. The summed E-state index contributed by atoms with van der Waals surface area (Å²) >= 11 is 0. The van der Waals surface area contributed by atoms with Crippen LogP contribution < -0.4 is 0 Å². The molecule has 0 spiro atoms. The third-order valence-electron chi connectivity index (χ3n) is 3.39. The lowest BCUT2D eigenvalue weighted by atomic mass is 10.1. The molecule has 0 atom stereocenters. The van der Waals surface area contributed by atoms with Crippen LogP contribution in [-0.2, 0) is 4.79 Å². The van der Waals surface area contributed by atoms with Crippen molar-refractivity contribution in [2.45, 2.75) is 77.0 Å². The molecule has 0 aliphatic carbocycles. The van der Waals surface area contributed by atoms with Gasteiger partial charge in [0.2, 0.25) is 6.54 Å². The lowest BCUT2D eigenvalue weighted by molar-refractivity contribution is -0.480. The zero-order chi connectivity index (χ0) is 15.8. The van der Waals surface area contributed by atoms with Crippen molar-refractivity contribution in [1.82, 2.24) is 0 Å². The van der Waals surface area contributed by atoms with Crippen LogP contribution in [0.1, 0.15) is 77.0 Å². The second kappa shape index (κ2) is 15.0. The second-order valence-electron chi connectivity index (χ2n) is 5.43. The Kier molecular flexibility index (Phi) is 14.0. The van der Waals surface area contributed by atoms with E-state index >= 15 is 0 Å². The summed E-state index contributed by atoms with van der Waals surface area (Å²) in [6.45, 7) is 0.106. The maximum absolute atomic E-state index is 10.3. The maximum atomic E-state index is 10.3. The minimum absolute atomic E-state index is 0.106. The van der Waals surface area contributed by atoms with Gasteiger partial charge in [0.15, 0.2) is 0 Å². The summed E-state index contributed by atoms with van der Waals surface area (Å²) in [6, 6.07) is 0. The van der Waals surface area contributed by atoms with Crippen molar-refractivity contribution in [1.29, 1.82) is 0 Å². The Morgan fingerprint density at radius 1 is 0.857 bits per heavy atom. The van der Waals surface area contributed by atoms with Gasteiger partial charge in [-0.3, -0.25) is 14.9 Å². The fourth-order valence-corrected chi connectivity index (χ4v) is 2.16. The van der Waals surface area contributed by atoms with Gasteiger partial charge in [-0.05, 0) is 38.5 Å². The molecule has 0 aliphatic rings. The largest absolute Gasteiger partial charge is 0.481 e. The molecule has 5 heteroatoms. The van der Waals surface area contributed by atoms with Crippen molar-refractivity contribution < 1.29 is 14.8 Å². The fourth-order valence-electron chi connectivity index (χ4n) is 2.16. The van der Waals surface area contributed by atoms with E-state index in [1.165, 1.54) is 19.3 Å². The summed E-state index contributed by atoms with van der Waals surface area (Å²) in [5, 5.41) is 18.6. The van der Waals surface area contributed by atoms with Gasteiger partial charge >= 0.3 is 5.97 Å². The van der Waals surface area contributed by atoms with Crippen LogP contribution in [-0.4, -0.2) is 22.5 Å². The van der Waals surface area contributed by atoms with Gasteiger partial charge in [-0.2, -0.15) is 0 Å². The van der Waals surface area contributed by atoms with E-state index in [4.69, 9.17) is 5.11 Å². The number of nitrogens with zero attached hydrogens (tertiary/aromatic N) is 1. The van der Waals surface area contributed by atoms with Crippen molar-refractivity contribution in [3.63, 3.8) is 0 Å². The molecule has 21 heavy (non-hydrogen) atoms. The number of rotatable bonds is 15. The van der Waals surface area contributed by atoms with Crippen molar-refractivity contribution in [3.05, 3.63) is 22.3 Å². The van der Waals surface area contributed by atoms with E-state index in [-0.39, 0.29) is 17.9 Å². The highest BCUT2D eigenvalue weighted by molar-refractivity contribution is 5.66. The number of aliphatic carboxylic acids is 1. The number of carboxylic acids is 1. The van der Waals surface area contributed by atoms with E-state index in [0.717, 1.165) is 44.9 Å². The predicted octanol–water partition coefficient (Wildman–Crippen LogP) is 4.59. The Hall–Kier alpha value is -1.39. The highest BCUT2D eigenvalue weighted by atomic mass is 16.6. The third kappa shape index (κ3) is 18.6. The van der Waals surface area contributed by atoms with Crippen LogP contribution in [0.3, 0.4) is 0 Å². The zero-order valence-corrected chi connectivity index (χ0v) is 13.0. The van der Waals surface area contributed by atoms with Crippen LogP contribution >= 0.6 is 0 Å². The SMILES string of the molecule is O=C(O)CCCCCC=CCCCCCCCC[N+](=O)[O-]. The molecule has 0 aliphatic heterocycles. The van der Waals surface area contributed by atoms with Gasteiger partial charge in [-0.15, -0.1) is 0 Å². The highest BCUT2D eigenvalue weighted by Crippen LogP contribution is 2.08. The fraction of sp³-hybridized carbons (Fsp3) is 0.812. The van der Waals surface area contributed by atoms with E-state index in [1.54, 1.807) is 0 Å². The Balaban J connectivity index is 3.11. The first-order chi connectivity index (χ1) is 10.1. The lowest BCUT2D eigenvalue weighted by Gasteiger charge is -1.99. The molecule has 0 unspecified atom stereocenters. The maximum Gasteiger partial charge on any atom is 0.303 e. The number of nitro groups is 1. The lowest BCUT2D eigenvalue weighted by Crippen LogP contribution is -1.99. The van der Waals surface area contributed by atoms with Gasteiger partial charge in [-0.1, -0.05) is 37.8 Å². The first-order valence-corrected chi connectivity index (χ1v) is 8.11. The van der Waals surface area contributed by atoms with Crippen LogP contribution in [0.5, 0.6) is 0 Å². The van der Waals surface area contributed by atoms with Crippen molar-refractivity contribution in [3.8, 4) is 0 Å². The molecule has 0 saturated carbocycles. The first kappa shape index (κ1) is 19.6. The molecule has 0 rings (SSSR count).